The van der Waals surface area contributed by atoms with Crippen molar-refractivity contribution in [3.8, 4) is 11.4 Å². The fourth-order valence-electron chi connectivity index (χ4n) is 3.88. The number of rotatable bonds is 5. The number of pyridine rings is 1. The molecular formula is C20H22N6O3S2. The quantitative estimate of drug-likeness (QED) is 0.443. The van der Waals surface area contributed by atoms with E-state index in [0.717, 1.165) is 44.7 Å². The van der Waals surface area contributed by atoms with Gasteiger partial charge >= 0.3 is 0 Å². The van der Waals surface area contributed by atoms with Crippen LogP contribution in [0.15, 0.2) is 29.9 Å². The summed E-state index contributed by atoms with van der Waals surface area (Å²) in [4.78, 5) is 19.7. The Morgan fingerprint density at radius 3 is 3.03 bits per heavy atom. The Labute approximate surface area is 184 Å². The molecule has 0 radical (unpaired) electrons. The number of anilines is 1. The lowest BCUT2D eigenvalue weighted by atomic mass is 10.1. The van der Waals surface area contributed by atoms with Crippen LogP contribution in [0.5, 0.6) is 0 Å². The molecule has 1 saturated heterocycles. The van der Waals surface area contributed by atoms with Crippen LogP contribution in [-0.4, -0.2) is 65.5 Å². The molecule has 9 nitrogen and oxygen atoms in total. The van der Waals surface area contributed by atoms with Crippen LogP contribution in [-0.2, 0) is 22.2 Å². The highest BCUT2D eigenvalue weighted by Crippen LogP contribution is 2.37. The first-order chi connectivity index (χ1) is 15.0. The molecule has 0 bridgehead atoms. The molecule has 0 aromatic carbocycles. The molecule has 162 valence electrons. The molecule has 1 aliphatic heterocycles. The SMILES string of the molecule is C[C@@H]1COCCN1c1nc(-c2ccnc3[nH]ccc23)nc2c(CN(C)[SH](=O)=O)csc12. The van der Waals surface area contributed by atoms with E-state index in [4.69, 9.17) is 14.7 Å². The van der Waals surface area contributed by atoms with E-state index in [0.29, 0.717) is 19.0 Å². The molecule has 0 saturated carbocycles. The van der Waals surface area contributed by atoms with E-state index in [9.17, 15) is 8.42 Å². The number of thiophene rings is 1. The van der Waals surface area contributed by atoms with Crippen LogP contribution >= 0.6 is 11.3 Å². The summed E-state index contributed by atoms with van der Waals surface area (Å²) in [7, 11) is -1.10. The second-order valence-corrected chi connectivity index (χ2v) is 9.62. The maximum atomic E-state index is 11.4. The van der Waals surface area contributed by atoms with Gasteiger partial charge < -0.3 is 14.6 Å². The molecule has 1 aliphatic rings. The summed E-state index contributed by atoms with van der Waals surface area (Å²) in [6.07, 6.45) is 3.59. The van der Waals surface area contributed by atoms with E-state index in [2.05, 4.69) is 21.8 Å². The molecule has 0 amide bonds. The van der Waals surface area contributed by atoms with Gasteiger partial charge in [0.25, 0.3) is 0 Å². The van der Waals surface area contributed by atoms with Crippen molar-refractivity contribution in [1.82, 2.24) is 24.2 Å². The molecule has 5 rings (SSSR count). The monoisotopic (exact) mass is 458 g/mol. The van der Waals surface area contributed by atoms with E-state index in [1.54, 1.807) is 24.6 Å². The third-order valence-electron chi connectivity index (χ3n) is 5.49. The molecule has 0 aliphatic carbocycles. The average Bonchev–Trinajstić information content (AvgIpc) is 3.40. The number of hydrogen-bond acceptors (Lipinski definition) is 8. The van der Waals surface area contributed by atoms with Gasteiger partial charge in [-0.15, -0.1) is 11.3 Å². The lowest BCUT2D eigenvalue weighted by Crippen LogP contribution is -2.44. The molecule has 5 heterocycles. The van der Waals surface area contributed by atoms with Crippen LogP contribution in [0.25, 0.3) is 32.6 Å². The van der Waals surface area contributed by atoms with Gasteiger partial charge in [-0.25, -0.2) is 27.7 Å². The highest BCUT2D eigenvalue weighted by Gasteiger charge is 2.26. The zero-order chi connectivity index (χ0) is 21.5. The van der Waals surface area contributed by atoms with E-state index < -0.39 is 10.9 Å². The minimum absolute atomic E-state index is 0.175. The highest BCUT2D eigenvalue weighted by molar-refractivity contribution is 7.69. The third kappa shape index (κ3) is 3.67. The van der Waals surface area contributed by atoms with Crippen molar-refractivity contribution in [2.24, 2.45) is 0 Å². The van der Waals surface area contributed by atoms with Crippen molar-refractivity contribution in [1.29, 1.82) is 0 Å². The predicted molar refractivity (Wildman–Crippen MR) is 122 cm³/mol. The maximum absolute atomic E-state index is 11.4. The van der Waals surface area contributed by atoms with Crippen LogP contribution < -0.4 is 4.90 Å². The van der Waals surface area contributed by atoms with E-state index in [1.807, 2.05) is 23.7 Å². The Kier molecular flexibility index (Phi) is 5.34. The number of fused-ring (bicyclic) bond motifs is 2. The highest BCUT2D eigenvalue weighted by atomic mass is 32.2. The minimum Gasteiger partial charge on any atom is -0.377 e. The van der Waals surface area contributed by atoms with E-state index in [1.165, 1.54) is 4.31 Å². The van der Waals surface area contributed by atoms with Crippen molar-refractivity contribution < 1.29 is 13.2 Å². The standard InChI is InChI=1S/C20H22N6O3S2/c1-12-10-29-8-7-26(12)20-17-16(13(11-30-17)9-25(2)31(27)28)23-19(24-20)15-4-6-22-18-14(15)3-5-21-18/h3-6,11-12,31H,7-10H2,1-2H3,(H,21,22)/t12-/m1/s1. The summed E-state index contributed by atoms with van der Waals surface area (Å²) in [5.41, 5.74) is 3.31. The number of nitrogens with one attached hydrogen (secondary N) is 1. The molecule has 0 spiro atoms. The van der Waals surface area contributed by atoms with Crippen molar-refractivity contribution in [3.05, 3.63) is 35.5 Å². The lowest BCUT2D eigenvalue weighted by Gasteiger charge is -2.34. The molecule has 4 aromatic rings. The van der Waals surface area contributed by atoms with Crippen molar-refractivity contribution in [2.45, 2.75) is 19.5 Å². The zero-order valence-electron chi connectivity index (χ0n) is 17.1. The van der Waals surface area contributed by atoms with Crippen LogP contribution in [0.3, 0.4) is 0 Å². The van der Waals surface area contributed by atoms with Gasteiger partial charge in [-0.05, 0) is 24.4 Å². The Hall–Kier alpha value is -2.60. The molecule has 4 aromatic heterocycles. The normalized spacial score (nSPS) is 17.4. The van der Waals surface area contributed by atoms with Crippen molar-refractivity contribution in [3.63, 3.8) is 0 Å². The first-order valence-electron chi connectivity index (χ1n) is 9.93. The predicted octanol–water partition coefficient (Wildman–Crippen LogP) is 2.42. The Balaban J connectivity index is 1.73. The van der Waals surface area contributed by atoms with Crippen LogP contribution in [0.2, 0.25) is 0 Å². The summed E-state index contributed by atoms with van der Waals surface area (Å²) in [5, 5.41) is 2.92. The first kappa shape index (κ1) is 20.3. The number of hydrogen-bond donors (Lipinski definition) is 2. The number of ether oxygens (including phenoxy) is 1. The summed E-state index contributed by atoms with van der Waals surface area (Å²) < 4.78 is 30.7. The fourth-order valence-corrected chi connectivity index (χ4v) is 5.15. The molecule has 31 heavy (non-hydrogen) atoms. The number of aromatic nitrogens is 4. The molecule has 1 fully saturated rings. The van der Waals surface area contributed by atoms with Gasteiger partial charge in [0.2, 0.25) is 10.9 Å². The second kappa shape index (κ2) is 8.15. The third-order valence-corrected chi connectivity index (χ3v) is 7.20. The second-order valence-electron chi connectivity index (χ2n) is 7.58. The van der Waals surface area contributed by atoms with Crippen molar-refractivity contribution in [2.75, 3.05) is 31.7 Å². The largest absolute Gasteiger partial charge is 0.377 e. The van der Waals surface area contributed by atoms with Crippen LogP contribution in [0.4, 0.5) is 5.82 Å². The Morgan fingerprint density at radius 1 is 1.35 bits per heavy atom. The molecule has 0 unspecified atom stereocenters. The summed E-state index contributed by atoms with van der Waals surface area (Å²) >= 11 is 1.55. The van der Waals surface area contributed by atoms with Gasteiger partial charge in [0, 0.05) is 49.0 Å². The Bertz CT molecular complexity index is 1320. The van der Waals surface area contributed by atoms with E-state index >= 15 is 0 Å². The summed E-state index contributed by atoms with van der Waals surface area (Å²) in [5.74, 6) is 1.46. The zero-order valence-corrected chi connectivity index (χ0v) is 18.8. The molecular weight excluding hydrogens is 436 g/mol. The number of nitrogens with zero attached hydrogens (tertiary/aromatic N) is 5. The molecule has 1 N–H and O–H groups in total. The number of H-pyrrole nitrogens is 1. The van der Waals surface area contributed by atoms with Gasteiger partial charge in [0.1, 0.15) is 5.65 Å². The van der Waals surface area contributed by atoms with Crippen molar-refractivity contribution >= 4 is 49.3 Å². The number of thiol groups is 1. The molecule has 11 heteroatoms. The molecule has 1 atom stereocenters. The van der Waals surface area contributed by atoms with Gasteiger partial charge in [0.05, 0.1) is 29.5 Å². The fraction of sp³-hybridized carbons (Fsp3) is 0.350. The van der Waals surface area contributed by atoms with Crippen LogP contribution in [0.1, 0.15) is 12.5 Å². The smallest absolute Gasteiger partial charge is 0.203 e. The Morgan fingerprint density at radius 2 is 2.23 bits per heavy atom. The van der Waals surface area contributed by atoms with Gasteiger partial charge in [-0.1, -0.05) is 0 Å². The first-order valence-corrected chi connectivity index (χ1v) is 11.9. The summed E-state index contributed by atoms with van der Waals surface area (Å²) in [6, 6.07) is 4.05. The van der Waals surface area contributed by atoms with Gasteiger partial charge in [0.15, 0.2) is 11.6 Å². The number of morpholine rings is 1. The maximum Gasteiger partial charge on any atom is 0.203 e. The topological polar surface area (TPSA) is 104 Å². The van der Waals surface area contributed by atoms with E-state index in [-0.39, 0.29) is 12.6 Å². The summed E-state index contributed by atoms with van der Waals surface area (Å²) in [6.45, 7) is 4.40. The van der Waals surface area contributed by atoms with Gasteiger partial charge in [-0.3, -0.25) is 0 Å². The average molecular weight is 459 g/mol. The lowest BCUT2D eigenvalue weighted by molar-refractivity contribution is 0.0987. The van der Waals surface area contributed by atoms with Gasteiger partial charge in [-0.2, -0.15) is 0 Å². The van der Waals surface area contributed by atoms with Crippen LogP contribution in [0, 0.1) is 0 Å². The number of aromatic amines is 1. The minimum atomic E-state index is -2.66.